The van der Waals surface area contributed by atoms with Crippen molar-refractivity contribution >= 4 is 23.5 Å². The van der Waals surface area contributed by atoms with Gasteiger partial charge in [0.25, 0.3) is 5.91 Å². The van der Waals surface area contributed by atoms with Gasteiger partial charge in [0.05, 0.1) is 7.11 Å². The van der Waals surface area contributed by atoms with Gasteiger partial charge in [-0.3, -0.25) is 14.9 Å². The summed E-state index contributed by atoms with van der Waals surface area (Å²) in [6, 6.07) is 1.86. The maximum Gasteiger partial charge on any atom is 0.322 e. The molecular formula is C20H26F2N4O4. The lowest BCUT2D eigenvalue weighted by atomic mass is 9.89. The van der Waals surface area contributed by atoms with Gasteiger partial charge in [-0.15, -0.1) is 0 Å². The summed E-state index contributed by atoms with van der Waals surface area (Å²) in [6.45, 7) is 6.42. The zero-order valence-electron chi connectivity index (χ0n) is 17.4. The fourth-order valence-electron chi connectivity index (χ4n) is 4.14. The maximum atomic E-state index is 13.9. The molecule has 2 unspecified atom stereocenters. The van der Waals surface area contributed by atoms with Gasteiger partial charge in [-0.1, -0.05) is 6.92 Å². The van der Waals surface area contributed by atoms with Crippen LogP contribution in [-0.4, -0.2) is 61.1 Å². The molecule has 0 bridgehead atoms. The molecule has 2 N–H and O–H groups in total. The molecule has 30 heavy (non-hydrogen) atoms. The van der Waals surface area contributed by atoms with E-state index in [1.165, 1.54) is 13.2 Å². The predicted octanol–water partition coefficient (Wildman–Crippen LogP) is 1.63. The number of hydrogen-bond acceptors (Lipinski definition) is 5. The number of piperazine rings is 1. The van der Waals surface area contributed by atoms with Gasteiger partial charge in [0.15, 0.2) is 11.6 Å². The topological polar surface area (TPSA) is 91.0 Å². The van der Waals surface area contributed by atoms with Crippen molar-refractivity contribution in [3.8, 4) is 5.75 Å². The Balaban J connectivity index is 1.66. The lowest BCUT2D eigenvalue weighted by Crippen LogP contribution is -2.55. The fraction of sp³-hybridized carbons (Fsp3) is 0.550. The van der Waals surface area contributed by atoms with Crippen molar-refractivity contribution in [2.45, 2.75) is 38.8 Å². The number of anilines is 1. The summed E-state index contributed by atoms with van der Waals surface area (Å²) < 4.78 is 32.5. The van der Waals surface area contributed by atoms with E-state index in [1.807, 2.05) is 11.8 Å². The van der Waals surface area contributed by atoms with E-state index in [-0.39, 0.29) is 24.1 Å². The number of nitrogens with zero attached hydrogens (tertiary/aromatic N) is 2. The molecule has 2 saturated heterocycles. The zero-order valence-corrected chi connectivity index (χ0v) is 17.4. The van der Waals surface area contributed by atoms with Crippen molar-refractivity contribution < 1.29 is 27.9 Å². The SMILES string of the molecule is COc1cc(N2CCN(C(=O)C(C)CC3(C)NC(=O)NC3=O)C[C@@H]2C)cc(F)c1F. The van der Waals surface area contributed by atoms with Gasteiger partial charge in [-0.25, -0.2) is 9.18 Å². The number of rotatable bonds is 5. The number of benzene rings is 1. The highest BCUT2D eigenvalue weighted by Gasteiger charge is 2.44. The highest BCUT2D eigenvalue weighted by Crippen LogP contribution is 2.30. The van der Waals surface area contributed by atoms with Crippen molar-refractivity contribution in [3.05, 3.63) is 23.8 Å². The van der Waals surface area contributed by atoms with Crippen LogP contribution in [0, 0.1) is 17.6 Å². The van der Waals surface area contributed by atoms with Crippen molar-refractivity contribution in [3.63, 3.8) is 0 Å². The van der Waals surface area contributed by atoms with Crippen LogP contribution in [0.2, 0.25) is 0 Å². The van der Waals surface area contributed by atoms with Crippen molar-refractivity contribution in [2.24, 2.45) is 5.92 Å². The molecule has 2 aliphatic rings. The molecule has 0 radical (unpaired) electrons. The Bertz CT molecular complexity index is 881. The summed E-state index contributed by atoms with van der Waals surface area (Å²) in [4.78, 5) is 40.0. The zero-order chi connectivity index (χ0) is 22.2. The van der Waals surface area contributed by atoms with Crippen LogP contribution in [0.4, 0.5) is 19.3 Å². The fourth-order valence-corrected chi connectivity index (χ4v) is 4.14. The summed E-state index contributed by atoms with van der Waals surface area (Å²) in [5, 5.41) is 4.76. The molecular weight excluding hydrogens is 398 g/mol. The van der Waals surface area contributed by atoms with Crippen molar-refractivity contribution in [1.29, 1.82) is 0 Å². The minimum absolute atomic E-state index is 0.125. The van der Waals surface area contributed by atoms with E-state index in [2.05, 4.69) is 10.6 Å². The van der Waals surface area contributed by atoms with Gasteiger partial charge in [-0.2, -0.15) is 4.39 Å². The van der Waals surface area contributed by atoms with E-state index in [1.54, 1.807) is 18.7 Å². The van der Waals surface area contributed by atoms with Gasteiger partial charge >= 0.3 is 6.03 Å². The van der Waals surface area contributed by atoms with E-state index in [9.17, 15) is 23.2 Å². The van der Waals surface area contributed by atoms with Crippen LogP contribution >= 0.6 is 0 Å². The third-order valence-electron chi connectivity index (χ3n) is 5.72. The molecule has 0 aromatic heterocycles. The Labute approximate surface area is 173 Å². The van der Waals surface area contributed by atoms with E-state index in [4.69, 9.17) is 4.74 Å². The van der Waals surface area contributed by atoms with Crippen LogP contribution < -0.4 is 20.3 Å². The maximum absolute atomic E-state index is 13.9. The molecule has 1 aromatic carbocycles. The molecule has 0 spiro atoms. The molecule has 2 fully saturated rings. The first-order chi connectivity index (χ1) is 14.1. The highest BCUT2D eigenvalue weighted by molar-refractivity contribution is 6.07. The Morgan fingerprint density at radius 2 is 2.03 bits per heavy atom. The molecule has 8 nitrogen and oxygen atoms in total. The lowest BCUT2D eigenvalue weighted by molar-refractivity contribution is -0.137. The number of carbonyl (C=O) groups is 3. The molecule has 3 atom stereocenters. The Hall–Kier alpha value is -2.91. The smallest absolute Gasteiger partial charge is 0.322 e. The number of methoxy groups -OCH3 is 1. The molecule has 10 heteroatoms. The van der Waals surface area contributed by atoms with E-state index in [0.717, 1.165) is 6.07 Å². The Morgan fingerprint density at radius 1 is 1.33 bits per heavy atom. The molecule has 3 rings (SSSR count). The summed E-state index contributed by atoms with van der Waals surface area (Å²) in [6.07, 6.45) is 0.179. The average Bonchev–Trinajstić information content (AvgIpc) is 2.94. The number of nitrogens with one attached hydrogen (secondary N) is 2. The molecule has 0 saturated carbocycles. The molecule has 1 aromatic rings. The number of halogens is 2. The van der Waals surface area contributed by atoms with Crippen LogP contribution in [0.1, 0.15) is 27.2 Å². The monoisotopic (exact) mass is 424 g/mol. The lowest BCUT2D eigenvalue weighted by Gasteiger charge is -2.42. The molecule has 0 aliphatic carbocycles. The number of ether oxygens (including phenoxy) is 1. The number of amides is 4. The summed E-state index contributed by atoms with van der Waals surface area (Å²) in [5.41, 5.74) is -0.641. The van der Waals surface area contributed by atoms with Crippen molar-refractivity contribution in [2.75, 3.05) is 31.6 Å². The van der Waals surface area contributed by atoms with Gasteiger partial charge < -0.3 is 19.9 Å². The van der Waals surface area contributed by atoms with Crippen LogP contribution in [0.5, 0.6) is 5.75 Å². The first kappa shape index (κ1) is 21.8. The number of imide groups is 1. The largest absolute Gasteiger partial charge is 0.493 e. The van der Waals surface area contributed by atoms with Gasteiger partial charge in [0.1, 0.15) is 5.54 Å². The van der Waals surface area contributed by atoms with Gasteiger partial charge in [-0.05, 0) is 20.3 Å². The Morgan fingerprint density at radius 3 is 2.60 bits per heavy atom. The molecule has 2 heterocycles. The van der Waals surface area contributed by atoms with E-state index < -0.39 is 35.0 Å². The second kappa shape index (κ2) is 8.08. The molecule has 4 amide bonds. The van der Waals surface area contributed by atoms with Crippen LogP contribution in [0.3, 0.4) is 0 Å². The average molecular weight is 424 g/mol. The Kier molecular flexibility index (Phi) is 5.87. The van der Waals surface area contributed by atoms with E-state index in [0.29, 0.717) is 25.3 Å². The standard InChI is InChI=1S/C20H26F2N4O4/c1-11(9-20(3)18(28)23-19(29)24-20)17(27)25-5-6-26(12(2)10-25)13-7-14(21)16(22)15(8-13)30-4/h7-8,11-12H,5-6,9-10H2,1-4H3,(H2,23,24,28,29)/t11?,12-,20?/m0/s1. The first-order valence-corrected chi connectivity index (χ1v) is 9.77. The highest BCUT2D eigenvalue weighted by atomic mass is 19.2. The predicted molar refractivity (Wildman–Crippen MR) is 105 cm³/mol. The number of urea groups is 1. The van der Waals surface area contributed by atoms with E-state index >= 15 is 0 Å². The third kappa shape index (κ3) is 4.03. The quantitative estimate of drug-likeness (QED) is 0.702. The summed E-state index contributed by atoms with van der Waals surface area (Å²) in [7, 11) is 1.27. The van der Waals surface area contributed by atoms with Crippen LogP contribution in [0.15, 0.2) is 12.1 Å². The van der Waals surface area contributed by atoms with Gasteiger partial charge in [0, 0.05) is 49.4 Å². The second-order valence-corrected chi connectivity index (χ2v) is 8.12. The second-order valence-electron chi connectivity index (χ2n) is 8.12. The minimum Gasteiger partial charge on any atom is -0.493 e. The normalized spacial score (nSPS) is 25.1. The number of hydrogen-bond donors (Lipinski definition) is 2. The number of carbonyl (C=O) groups excluding carboxylic acids is 3. The first-order valence-electron chi connectivity index (χ1n) is 9.77. The van der Waals surface area contributed by atoms with Crippen molar-refractivity contribution in [1.82, 2.24) is 15.5 Å². The summed E-state index contributed by atoms with van der Waals surface area (Å²) >= 11 is 0. The van der Waals surface area contributed by atoms with Crippen LogP contribution in [-0.2, 0) is 9.59 Å². The van der Waals surface area contributed by atoms with Gasteiger partial charge in [0.2, 0.25) is 11.7 Å². The minimum atomic E-state index is -1.12. The summed E-state index contributed by atoms with van der Waals surface area (Å²) in [5.74, 6) is -3.25. The van der Waals surface area contributed by atoms with Crippen LogP contribution in [0.25, 0.3) is 0 Å². The third-order valence-corrected chi connectivity index (χ3v) is 5.72. The molecule has 2 aliphatic heterocycles. The molecule has 164 valence electrons.